The summed E-state index contributed by atoms with van der Waals surface area (Å²) < 4.78 is 8.92. The summed E-state index contributed by atoms with van der Waals surface area (Å²) in [5.41, 5.74) is 12.1. The molecule has 0 atom stereocenters. The molecule has 8 aromatic carbocycles. The summed E-state index contributed by atoms with van der Waals surface area (Å²) >= 11 is 0. The number of hydrogen-bond donors (Lipinski definition) is 0. The van der Waals surface area contributed by atoms with Gasteiger partial charge >= 0.3 is 0 Å². The van der Waals surface area contributed by atoms with Crippen molar-refractivity contribution < 1.29 is 4.42 Å². The van der Waals surface area contributed by atoms with Gasteiger partial charge in [-0.2, -0.15) is 0 Å². The first-order valence-electron chi connectivity index (χ1n) is 18.8. The van der Waals surface area contributed by atoms with Gasteiger partial charge in [0.15, 0.2) is 17.5 Å². The largest absolute Gasteiger partial charge is 0.456 e. The molecule has 56 heavy (non-hydrogen) atoms. The third-order valence-electron chi connectivity index (χ3n) is 10.6. The lowest BCUT2D eigenvalue weighted by molar-refractivity contribution is 0.669. The van der Waals surface area contributed by atoms with E-state index >= 15 is 0 Å². The fourth-order valence-corrected chi connectivity index (χ4v) is 8.00. The van der Waals surface area contributed by atoms with Gasteiger partial charge in [-0.05, 0) is 89.0 Å². The van der Waals surface area contributed by atoms with Gasteiger partial charge in [0.2, 0.25) is 0 Å². The van der Waals surface area contributed by atoms with Crippen molar-refractivity contribution in [1.82, 2.24) is 19.5 Å². The molecule has 0 saturated carbocycles. The molecule has 3 aromatic heterocycles. The Kier molecular flexibility index (Phi) is 7.42. The maximum atomic E-state index is 6.57. The van der Waals surface area contributed by atoms with Gasteiger partial charge in [0.05, 0.1) is 16.4 Å². The van der Waals surface area contributed by atoms with Crippen LogP contribution in [0, 0.1) is 0 Å². The Morgan fingerprint density at radius 3 is 1.52 bits per heavy atom. The van der Waals surface area contributed by atoms with Crippen molar-refractivity contribution >= 4 is 43.7 Å². The number of nitrogens with zero attached hydrogens (tertiary/aromatic N) is 4. The Labute approximate surface area is 322 Å². The number of benzene rings is 8. The normalized spacial score (nSPS) is 11.6. The third-order valence-corrected chi connectivity index (χ3v) is 10.6. The molecule has 262 valence electrons. The summed E-state index contributed by atoms with van der Waals surface area (Å²) in [6, 6.07) is 67.4. The molecule has 0 aliphatic carbocycles. The molecular weight excluding hydrogens is 685 g/mol. The zero-order valence-electron chi connectivity index (χ0n) is 30.2. The molecule has 0 unspecified atom stereocenters. The van der Waals surface area contributed by atoms with Gasteiger partial charge in [0.25, 0.3) is 0 Å². The number of aromatic nitrogens is 4. The van der Waals surface area contributed by atoms with Crippen LogP contribution in [0.3, 0.4) is 0 Å². The highest BCUT2D eigenvalue weighted by Crippen LogP contribution is 2.42. The summed E-state index contributed by atoms with van der Waals surface area (Å²) in [5.74, 6) is 1.81. The van der Waals surface area contributed by atoms with Crippen LogP contribution >= 0.6 is 0 Å². The van der Waals surface area contributed by atoms with E-state index in [-0.39, 0.29) is 0 Å². The van der Waals surface area contributed by atoms with E-state index in [9.17, 15) is 0 Å². The number of furan rings is 1. The first-order valence-corrected chi connectivity index (χ1v) is 18.8. The van der Waals surface area contributed by atoms with Gasteiger partial charge < -0.3 is 8.98 Å². The molecule has 0 aliphatic heterocycles. The van der Waals surface area contributed by atoms with Gasteiger partial charge in [-0.1, -0.05) is 127 Å². The van der Waals surface area contributed by atoms with E-state index in [0.717, 1.165) is 77.6 Å². The molecule has 0 bridgehead atoms. The minimum atomic E-state index is 0.590. The molecule has 5 nitrogen and oxygen atoms in total. The second-order valence-corrected chi connectivity index (χ2v) is 14.0. The molecule has 0 fully saturated rings. The van der Waals surface area contributed by atoms with E-state index in [4.69, 9.17) is 19.4 Å². The van der Waals surface area contributed by atoms with Crippen molar-refractivity contribution in [3.05, 3.63) is 194 Å². The average Bonchev–Trinajstić information content (AvgIpc) is 3.83. The van der Waals surface area contributed by atoms with E-state index in [1.807, 2.05) is 48.5 Å². The molecule has 5 heteroatoms. The Hall–Kier alpha value is -7.63. The molecular formula is C51H32N4O. The second kappa shape index (κ2) is 13.0. The topological polar surface area (TPSA) is 56.7 Å². The van der Waals surface area contributed by atoms with Crippen molar-refractivity contribution in [1.29, 1.82) is 0 Å². The van der Waals surface area contributed by atoms with Crippen LogP contribution in [0.15, 0.2) is 199 Å². The van der Waals surface area contributed by atoms with Crippen molar-refractivity contribution in [3.8, 4) is 62.1 Å². The molecule has 0 aliphatic rings. The van der Waals surface area contributed by atoms with Gasteiger partial charge in [0.1, 0.15) is 11.2 Å². The van der Waals surface area contributed by atoms with E-state index in [1.54, 1.807) is 0 Å². The fourth-order valence-electron chi connectivity index (χ4n) is 8.00. The minimum absolute atomic E-state index is 0.590. The summed E-state index contributed by atoms with van der Waals surface area (Å²) in [6.07, 6.45) is 0. The van der Waals surface area contributed by atoms with Crippen LogP contribution in [0.25, 0.3) is 106 Å². The van der Waals surface area contributed by atoms with Crippen LogP contribution in [-0.4, -0.2) is 19.5 Å². The van der Waals surface area contributed by atoms with Crippen molar-refractivity contribution in [2.45, 2.75) is 0 Å². The standard InChI is InChI=1S/C51H32N4O/c1-5-15-33(16-6-1)37-29-38(34-17-7-2-8-18-34)31-39(30-37)51-53-49(35-19-9-3-10-20-35)52-50(54-51)36-25-27-45-43(32-36)47-46(56-45)28-26-42-41-23-13-14-24-44(41)55(48(42)47)40-21-11-4-12-22-40/h1-32H. The number of rotatable bonds is 6. The number of para-hydroxylation sites is 2. The van der Waals surface area contributed by atoms with Crippen molar-refractivity contribution in [2.24, 2.45) is 0 Å². The Bertz CT molecular complexity index is 3170. The van der Waals surface area contributed by atoms with Crippen molar-refractivity contribution in [3.63, 3.8) is 0 Å². The highest BCUT2D eigenvalue weighted by Gasteiger charge is 2.21. The maximum absolute atomic E-state index is 6.57. The van der Waals surface area contributed by atoms with Gasteiger partial charge in [-0.3, -0.25) is 0 Å². The lowest BCUT2D eigenvalue weighted by Crippen LogP contribution is -2.00. The second-order valence-electron chi connectivity index (χ2n) is 14.0. The van der Waals surface area contributed by atoms with Crippen LogP contribution in [0.4, 0.5) is 0 Å². The zero-order chi connectivity index (χ0) is 37.0. The van der Waals surface area contributed by atoms with Crippen LogP contribution in [0.2, 0.25) is 0 Å². The van der Waals surface area contributed by atoms with Crippen LogP contribution < -0.4 is 0 Å². The molecule has 0 amide bonds. The molecule has 11 aromatic rings. The Morgan fingerprint density at radius 2 is 0.857 bits per heavy atom. The summed E-state index contributed by atoms with van der Waals surface area (Å²) in [5, 5.41) is 4.43. The molecule has 0 saturated heterocycles. The molecule has 11 rings (SSSR count). The lowest BCUT2D eigenvalue weighted by Gasteiger charge is -2.12. The fraction of sp³-hybridized carbons (Fsp3) is 0. The summed E-state index contributed by atoms with van der Waals surface area (Å²) in [4.78, 5) is 15.5. The SMILES string of the molecule is c1ccc(-c2cc(-c3ccccc3)cc(-c3nc(-c4ccccc4)nc(-c4ccc5oc6ccc7c8ccccc8n(-c8ccccc8)c7c6c5c4)n3)c2)cc1. The predicted molar refractivity (Wildman–Crippen MR) is 229 cm³/mol. The first kappa shape index (κ1) is 31.9. The molecule has 0 N–H and O–H groups in total. The molecule has 0 spiro atoms. The molecule has 0 radical (unpaired) electrons. The quantitative estimate of drug-likeness (QED) is 0.172. The smallest absolute Gasteiger partial charge is 0.164 e. The number of fused-ring (bicyclic) bond motifs is 7. The zero-order valence-corrected chi connectivity index (χ0v) is 30.2. The van der Waals surface area contributed by atoms with E-state index in [2.05, 4.69) is 150 Å². The Morgan fingerprint density at radius 1 is 0.339 bits per heavy atom. The van der Waals surface area contributed by atoms with E-state index in [1.165, 1.54) is 10.8 Å². The van der Waals surface area contributed by atoms with Crippen LogP contribution in [0.1, 0.15) is 0 Å². The maximum Gasteiger partial charge on any atom is 0.164 e. The lowest BCUT2D eigenvalue weighted by atomic mass is 9.96. The summed E-state index contributed by atoms with van der Waals surface area (Å²) in [6.45, 7) is 0. The first-order chi connectivity index (χ1) is 27.7. The van der Waals surface area contributed by atoms with Crippen LogP contribution in [-0.2, 0) is 0 Å². The average molecular weight is 717 g/mol. The predicted octanol–water partition coefficient (Wildman–Crippen LogP) is 13.2. The minimum Gasteiger partial charge on any atom is -0.456 e. The molecule has 3 heterocycles. The van der Waals surface area contributed by atoms with Gasteiger partial charge in [-0.15, -0.1) is 0 Å². The van der Waals surface area contributed by atoms with Gasteiger partial charge in [0, 0.05) is 38.5 Å². The summed E-state index contributed by atoms with van der Waals surface area (Å²) in [7, 11) is 0. The third kappa shape index (κ3) is 5.37. The van der Waals surface area contributed by atoms with Crippen LogP contribution in [0.5, 0.6) is 0 Å². The number of hydrogen-bond acceptors (Lipinski definition) is 4. The van der Waals surface area contributed by atoms with Gasteiger partial charge in [-0.25, -0.2) is 15.0 Å². The monoisotopic (exact) mass is 716 g/mol. The Balaban J connectivity index is 1.16. The van der Waals surface area contributed by atoms with E-state index < -0.39 is 0 Å². The highest BCUT2D eigenvalue weighted by molar-refractivity contribution is 6.24. The van der Waals surface area contributed by atoms with Crippen molar-refractivity contribution in [2.75, 3.05) is 0 Å². The highest BCUT2D eigenvalue weighted by atomic mass is 16.3. The van der Waals surface area contributed by atoms with E-state index in [0.29, 0.717) is 17.5 Å².